The van der Waals surface area contributed by atoms with Crippen LogP contribution in [0, 0.1) is 5.92 Å². The third kappa shape index (κ3) is 4.04. The van der Waals surface area contributed by atoms with E-state index in [1.807, 2.05) is 0 Å². The van der Waals surface area contributed by atoms with Crippen LogP contribution >= 0.6 is 11.6 Å². The molecule has 1 N–H and O–H groups in total. The largest absolute Gasteiger partial charge is 0.481 e. The van der Waals surface area contributed by atoms with Crippen LogP contribution in [0.5, 0.6) is 0 Å². The molecule has 3 rings (SSSR count). The molecular weight excluding hydrogens is 352 g/mol. The zero-order valence-electron chi connectivity index (χ0n) is 13.2. The van der Waals surface area contributed by atoms with Gasteiger partial charge in [0.1, 0.15) is 5.69 Å². The molecule has 132 valence electrons. The average Bonchev–Trinajstić information content (AvgIpc) is 2.62. The minimum absolute atomic E-state index is 0.201. The zero-order valence-corrected chi connectivity index (χ0v) is 14.0. The fraction of sp³-hybridized carbons (Fsp3) is 0.353. The van der Waals surface area contributed by atoms with Crippen molar-refractivity contribution in [2.45, 2.75) is 19.3 Å². The molecule has 2 aromatic rings. The van der Waals surface area contributed by atoms with Gasteiger partial charge in [0.2, 0.25) is 5.95 Å². The lowest BCUT2D eigenvalue weighted by Crippen LogP contribution is -2.37. The maximum absolute atomic E-state index is 13.2. The van der Waals surface area contributed by atoms with Crippen LogP contribution in [0.3, 0.4) is 0 Å². The van der Waals surface area contributed by atoms with Gasteiger partial charge >= 0.3 is 5.97 Å². The van der Waals surface area contributed by atoms with E-state index in [-0.39, 0.29) is 11.6 Å². The van der Waals surface area contributed by atoms with Gasteiger partial charge in [0.25, 0.3) is 6.43 Å². The van der Waals surface area contributed by atoms with Gasteiger partial charge in [-0.3, -0.25) is 4.79 Å². The molecular formula is C17H16ClF2N3O2. The minimum atomic E-state index is -2.72. The second kappa shape index (κ2) is 7.31. The van der Waals surface area contributed by atoms with Crippen molar-refractivity contribution < 1.29 is 18.7 Å². The summed E-state index contributed by atoms with van der Waals surface area (Å²) >= 11 is 5.86. The van der Waals surface area contributed by atoms with Crippen LogP contribution in [0.4, 0.5) is 14.7 Å². The van der Waals surface area contributed by atoms with Crippen LogP contribution in [0.2, 0.25) is 5.02 Å². The molecule has 0 saturated carbocycles. The average molecular weight is 368 g/mol. The predicted octanol–water partition coefficient (Wildman–Crippen LogP) is 4.04. The molecule has 8 heteroatoms. The fourth-order valence-electron chi connectivity index (χ4n) is 2.80. The van der Waals surface area contributed by atoms with Gasteiger partial charge in [-0.25, -0.2) is 18.7 Å². The number of aromatic nitrogens is 2. The fourth-order valence-corrected chi connectivity index (χ4v) is 2.93. The van der Waals surface area contributed by atoms with E-state index in [1.54, 1.807) is 29.2 Å². The van der Waals surface area contributed by atoms with Crippen LogP contribution < -0.4 is 4.90 Å². The van der Waals surface area contributed by atoms with Crippen molar-refractivity contribution in [1.29, 1.82) is 0 Å². The summed E-state index contributed by atoms with van der Waals surface area (Å²) in [5.41, 5.74) is 0.697. The number of benzene rings is 1. The number of rotatable bonds is 4. The molecule has 0 spiro atoms. The van der Waals surface area contributed by atoms with Gasteiger partial charge < -0.3 is 10.0 Å². The molecule has 0 aliphatic carbocycles. The number of piperidine rings is 1. The molecule has 1 fully saturated rings. The van der Waals surface area contributed by atoms with E-state index in [9.17, 15) is 13.6 Å². The number of carboxylic acid groups (broad SMARTS) is 1. The summed E-state index contributed by atoms with van der Waals surface area (Å²) in [7, 11) is 0. The molecule has 2 heterocycles. The van der Waals surface area contributed by atoms with E-state index in [0.717, 1.165) is 0 Å². The maximum atomic E-state index is 13.2. The Morgan fingerprint density at radius 3 is 2.40 bits per heavy atom. The Morgan fingerprint density at radius 1 is 1.20 bits per heavy atom. The quantitative estimate of drug-likeness (QED) is 0.883. The van der Waals surface area contributed by atoms with Gasteiger partial charge in [0.15, 0.2) is 0 Å². The topological polar surface area (TPSA) is 66.3 Å². The highest BCUT2D eigenvalue weighted by molar-refractivity contribution is 6.30. The van der Waals surface area contributed by atoms with Crippen molar-refractivity contribution in [3.8, 4) is 11.3 Å². The standard InChI is InChI=1S/C17H16ClF2N3O2/c18-12-3-1-10(2-4-12)13-9-14(15(19)20)22-17(21-13)23-7-5-11(6-8-23)16(24)25/h1-4,9,11,15H,5-8H2,(H,24,25). The Bertz CT molecular complexity index is 763. The first kappa shape index (κ1) is 17.5. The number of anilines is 1. The van der Waals surface area contributed by atoms with Crippen molar-refractivity contribution in [2.24, 2.45) is 5.92 Å². The molecule has 1 aliphatic rings. The molecule has 5 nitrogen and oxygen atoms in total. The lowest BCUT2D eigenvalue weighted by atomic mass is 9.97. The van der Waals surface area contributed by atoms with E-state index >= 15 is 0 Å². The molecule has 1 aromatic carbocycles. The van der Waals surface area contributed by atoms with Crippen LogP contribution in [0.15, 0.2) is 30.3 Å². The molecule has 0 radical (unpaired) electrons. The Labute approximate surface area is 148 Å². The highest BCUT2D eigenvalue weighted by Gasteiger charge is 2.26. The molecule has 1 aromatic heterocycles. The molecule has 0 atom stereocenters. The number of carboxylic acids is 1. The summed E-state index contributed by atoms with van der Waals surface area (Å²) in [4.78, 5) is 21.2. The monoisotopic (exact) mass is 367 g/mol. The first-order valence-electron chi connectivity index (χ1n) is 7.85. The van der Waals surface area contributed by atoms with E-state index in [2.05, 4.69) is 9.97 Å². The van der Waals surface area contributed by atoms with E-state index in [0.29, 0.717) is 42.2 Å². The number of aliphatic carboxylic acids is 1. The van der Waals surface area contributed by atoms with Crippen molar-refractivity contribution in [3.05, 3.63) is 41.0 Å². The number of carbonyl (C=O) groups is 1. The lowest BCUT2D eigenvalue weighted by molar-refractivity contribution is -0.142. The third-order valence-corrected chi connectivity index (χ3v) is 4.48. The Balaban J connectivity index is 1.91. The van der Waals surface area contributed by atoms with Gasteiger partial charge in [-0.1, -0.05) is 23.7 Å². The van der Waals surface area contributed by atoms with Crippen molar-refractivity contribution >= 4 is 23.5 Å². The molecule has 0 bridgehead atoms. The van der Waals surface area contributed by atoms with Gasteiger partial charge in [-0.2, -0.15) is 0 Å². The maximum Gasteiger partial charge on any atom is 0.306 e. The summed E-state index contributed by atoms with van der Waals surface area (Å²) in [5, 5.41) is 9.61. The zero-order chi connectivity index (χ0) is 18.0. The van der Waals surface area contributed by atoms with Crippen LogP contribution in [-0.2, 0) is 4.79 Å². The highest BCUT2D eigenvalue weighted by atomic mass is 35.5. The Hall–Kier alpha value is -2.28. The summed E-state index contributed by atoms with van der Waals surface area (Å²) < 4.78 is 26.5. The first-order valence-corrected chi connectivity index (χ1v) is 8.22. The number of hydrogen-bond acceptors (Lipinski definition) is 4. The second-order valence-electron chi connectivity index (χ2n) is 5.89. The Kier molecular flexibility index (Phi) is 5.13. The van der Waals surface area contributed by atoms with Crippen molar-refractivity contribution in [2.75, 3.05) is 18.0 Å². The SMILES string of the molecule is O=C(O)C1CCN(c2nc(-c3ccc(Cl)cc3)cc(C(F)F)n2)CC1. The lowest BCUT2D eigenvalue weighted by Gasteiger charge is -2.30. The third-order valence-electron chi connectivity index (χ3n) is 4.22. The molecule has 1 aliphatic heterocycles. The van der Waals surface area contributed by atoms with Gasteiger partial charge in [-0.15, -0.1) is 0 Å². The molecule has 1 saturated heterocycles. The number of nitrogens with zero attached hydrogens (tertiary/aromatic N) is 3. The van der Waals surface area contributed by atoms with Crippen LogP contribution in [-0.4, -0.2) is 34.1 Å². The van der Waals surface area contributed by atoms with E-state index in [1.165, 1.54) is 6.07 Å². The van der Waals surface area contributed by atoms with Crippen LogP contribution in [0.25, 0.3) is 11.3 Å². The molecule has 25 heavy (non-hydrogen) atoms. The second-order valence-corrected chi connectivity index (χ2v) is 6.32. The van der Waals surface area contributed by atoms with E-state index < -0.39 is 18.3 Å². The summed E-state index contributed by atoms with van der Waals surface area (Å²) in [6.07, 6.45) is -1.84. The van der Waals surface area contributed by atoms with Crippen molar-refractivity contribution in [1.82, 2.24) is 9.97 Å². The van der Waals surface area contributed by atoms with E-state index in [4.69, 9.17) is 16.7 Å². The summed E-state index contributed by atoms with van der Waals surface area (Å²) in [6, 6.07) is 8.01. The van der Waals surface area contributed by atoms with Gasteiger partial charge in [-0.05, 0) is 31.0 Å². The summed E-state index contributed by atoms with van der Waals surface area (Å²) in [6.45, 7) is 0.841. The first-order chi connectivity index (χ1) is 11.9. The minimum Gasteiger partial charge on any atom is -0.481 e. The number of hydrogen-bond donors (Lipinski definition) is 1. The van der Waals surface area contributed by atoms with Gasteiger partial charge in [0, 0.05) is 23.7 Å². The smallest absolute Gasteiger partial charge is 0.306 e. The van der Waals surface area contributed by atoms with Crippen molar-refractivity contribution in [3.63, 3.8) is 0 Å². The van der Waals surface area contributed by atoms with Crippen LogP contribution in [0.1, 0.15) is 25.0 Å². The normalized spacial score (nSPS) is 15.6. The molecule has 0 amide bonds. The number of halogens is 3. The highest BCUT2D eigenvalue weighted by Crippen LogP contribution is 2.28. The van der Waals surface area contributed by atoms with Gasteiger partial charge in [0.05, 0.1) is 11.6 Å². The summed E-state index contributed by atoms with van der Waals surface area (Å²) in [5.74, 6) is -1.04. The Morgan fingerprint density at radius 2 is 1.84 bits per heavy atom. The number of alkyl halides is 2. The molecule has 0 unspecified atom stereocenters. The predicted molar refractivity (Wildman–Crippen MR) is 90.0 cm³/mol.